The van der Waals surface area contributed by atoms with Crippen molar-refractivity contribution in [3.05, 3.63) is 51.7 Å². The predicted octanol–water partition coefficient (Wildman–Crippen LogP) is 3.20. The predicted molar refractivity (Wildman–Crippen MR) is 79.6 cm³/mol. The molecule has 0 spiro atoms. The van der Waals surface area contributed by atoms with Crippen molar-refractivity contribution in [2.24, 2.45) is 0 Å². The summed E-state index contributed by atoms with van der Waals surface area (Å²) in [6, 6.07) is 8.62. The molecule has 1 aromatic carbocycles. The first-order chi connectivity index (χ1) is 9.75. The number of aromatic nitrogens is 1. The Morgan fingerprint density at radius 2 is 1.86 bits per heavy atom. The third-order valence-corrected chi connectivity index (χ3v) is 4.69. The second-order valence-electron chi connectivity index (χ2n) is 4.09. The lowest BCUT2D eigenvalue weighted by Gasteiger charge is -2.03. The van der Waals surface area contributed by atoms with Crippen molar-refractivity contribution in [2.75, 3.05) is 6.26 Å². The fourth-order valence-corrected chi connectivity index (χ4v) is 3.21. The van der Waals surface area contributed by atoms with Crippen molar-refractivity contribution >= 4 is 38.9 Å². The van der Waals surface area contributed by atoms with Crippen LogP contribution in [-0.2, 0) is 9.84 Å². The van der Waals surface area contributed by atoms with E-state index < -0.39 is 14.8 Å². The zero-order valence-corrected chi connectivity index (χ0v) is 13.1. The smallest absolute Gasteiger partial charge is 0.258 e. The van der Waals surface area contributed by atoms with Gasteiger partial charge in [-0.2, -0.15) is 0 Å². The molecule has 0 fully saturated rings. The average molecular weight is 345 g/mol. The number of halogens is 1. The number of rotatable bonds is 4. The summed E-state index contributed by atoms with van der Waals surface area (Å²) in [5.41, 5.74) is -0.148. The minimum absolute atomic E-state index is 0.0273. The summed E-state index contributed by atoms with van der Waals surface area (Å²) in [6.45, 7) is 0. The number of nitrogens with zero attached hydrogens (tertiary/aromatic N) is 2. The van der Waals surface area contributed by atoms with Crippen LogP contribution in [0.4, 0.5) is 5.69 Å². The van der Waals surface area contributed by atoms with Crippen LogP contribution in [0.1, 0.15) is 0 Å². The number of benzene rings is 1. The maximum atomic E-state index is 11.4. The Bertz CT molecular complexity index is 791. The molecule has 6 nitrogen and oxygen atoms in total. The van der Waals surface area contributed by atoms with E-state index in [9.17, 15) is 18.5 Å². The molecular weight excluding hydrogens is 336 g/mol. The Labute approximate surface area is 130 Å². The Balaban J connectivity index is 2.28. The molecule has 0 aliphatic carbocycles. The van der Waals surface area contributed by atoms with E-state index in [0.717, 1.165) is 18.0 Å². The van der Waals surface area contributed by atoms with Gasteiger partial charge >= 0.3 is 0 Å². The second-order valence-corrected chi connectivity index (χ2v) is 7.59. The van der Waals surface area contributed by atoms with Gasteiger partial charge < -0.3 is 0 Å². The first-order valence-electron chi connectivity index (χ1n) is 5.55. The van der Waals surface area contributed by atoms with Gasteiger partial charge in [-0.15, -0.1) is 0 Å². The van der Waals surface area contributed by atoms with Crippen LogP contribution in [0.5, 0.6) is 0 Å². The fraction of sp³-hybridized carbons (Fsp3) is 0.0833. The van der Waals surface area contributed by atoms with E-state index in [0.29, 0.717) is 9.92 Å². The Morgan fingerprint density at radius 1 is 1.24 bits per heavy atom. The summed E-state index contributed by atoms with van der Waals surface area (Å²) in [5.74, 6) is 0. The standard InChI is InChI=1S/C12H9ClN2O4S2/c1-21(18,19)10-4-2-9(3-5-10)20-12-7-8(15(16)17)6-11(13)14-12/h2-7H,1H3. The van der Waals surface area contributed by atoms with Gasteiger partial charge in [0, 0.05) is 17.2 Å². The zero-order valence-electron chi connectivity index (χ0n) is 10.7. The molecule has 0 unspecified atom stereocenters. The number of hydrogen-bond acceptors (Lipinski definition) is 6. The fourth-order valence-electron chi connectivity index (χ4n) is 1.49. The van der Waals surface area contributed by atoms with Crippen molar-refractivity contribution in [2.45, 2.75) is 14.8 Å². The molecule has 0 saturated carbocycles. The number of hydrogen-bond donors (Lipinski definition) is 0. The molecule has 1 aromatic heterocycles. The average Bonchev–Trinajstić information content (AvgIpc) is 2.37. The van der Waals surface area contributed by atoms with E-state index in [1.807, 2.05) is 0 Å². The summed E-state index contributed by atoms with van der Waals surface area (Å²) < 4.78 is 22.7. The van der Waals surface area contributed by atoms with Crippen LogP contribution >= 0.6 is 23.4 Å². The number of pyridine rings is 1. The molecule has 21 heavy (non-hydrogen) atoms. The molecule has 110 valence electrons. The lowest BCUT2D eigenvalue weighted by Crippen LogP contribution is -1.96. The highest BCUT2D eigenvalue weighted by molar-refractivity contribution is 7.99. The van der Waals surface area contributed by atoms with Gasteiger partial charge in [0.25, 0.3) is 5.69 Å². The highest BCUT2D eigenvalue weighted by atomic mass is 35.5. The van der Waals surface area contributed by atoms with Gasteiger partial charge in [-0.25, -0.2) is 13.4 Å². The number of nitro groups is 1. The molecule has 0 aliphatic heterocycles. The highest BCUT2D eigenvalue weighted by Crippen LogP contribution is 2.30. The first kappa shape index (κ1) is 15.7. The van der Waals surface area contributed by atoms with Gasteiger partial charge in [-0.3, -0.25) is 10.1 Å². The largest absolute Gasteiger partial charge is 0.275 e. The van der Waals surface area contributed by atoms with E-state index in [4.69, 9.17) is 11.6 Å². The van der Waals surface area contributed by atoms with E-state index in [-0.39, 0.29) is 15.7 Å². The molecule has 0 bridgehead atoms. The Morgan fingerprint density at radius 3 is 2.38 bits per heavy atom. The lowest BCUT2D eigenvalue weighted by atomic mass is 10.4. The maximum absolute atomic E-state index is 11.4. The van der Waals surface area contributed by atoms with Crippen LogP contribution in [0.2, 0.25) is 5.15 Å². The van der Waals surface area contributed by atoms with Crippen LogP contribution in [0.15, 0.2) is 51.2 Å². The maximum Gasteiger partial charge on any atom is 0.275 e. The summed E-state index contributed by atoms with van der Waals surface area (Å²) in [6.07, 6.45) is 1.12. The van der Waals surface area contributed by atoms with Crippen LogP contribution in [0.25, 0.3) is 0 Å². The topological polar surface area (TPSA) is 90.2 Å². The van der Waals surface area contributed by atoms with Crippen molar-refractivity contribution in [3.8, 4) is 0 Å². The molecule has 2 aromatic rings. The van der Waals surface area contributed by atoms with Crippen LogP contribution in [0.3, 0.4) is 0 Å². The van der Waals surface area contributed by atoms with Gasteiger partial charge in [-0.1, -0.05) is 23.4 Å². The Kier molecular flexibility index (Phi) is 4.50. The molecule has 1 heterocycles. The lowest BCUT2D eigenvalue weighted by molar-refractivity contribution is -0.385. The summed E-state index contributed by atoms with van der Waals surface area (Å²) in [5, 5.41) is 11.1. The van der Waals surface area contributed by atoms with Gasteiger partial charge in [0.1, 0.15) is 10.2 Å². The van der Waals surface area contributed by atoms with E-state index in [1.54, 1.807) is 12.1 Å². The normalized spacial score (nSPS) is 11.3. The second kappa shape index (κ2) is 6.00. The van der Waals surface area contributed by atoms with Crippen molar-refractivity contribution < 1.29 is 13.3 Å². The van der Waals surface area contributed by atoms with E-state index in [1.165, 1.54) is 24.3 Å². The molecule has 0 radical (unpaired) electrons. The summed E-state index contributed by atoms with van der Waals surface area (Å²) >= 11 is 6.90. The van der Waals surface area contributed by atoms with Crippen LogP contribution in [0, 0.1) is 10.1 Å². The van der Waals surface area contributed by atoms with E-state index >= 15 is 0 Å². The van der Waals surface area contributed by atoms with Gasteiger partial charge in [-0.05, 0) is 24.3 Å². The zero-order chi connectivity index (χ0) is 15.6. The third kappa shape index (κ3) is 4.16. The molecule has 9 heteroatoms. The molecule has 0 saturated heterocycles. The summed E-state index contributed by atoms with van der Waals surface area (Å²) in [4.78, 5) is 15.1. The minimum atomic E-state index is -3.25. The van der Waals surface area contributed by atoms with Gasteiger partial charge in [0.15, 0.2) is 9.84 Å². The Hall–Kier alpha value is -1.64. The quantitative estimate of drug-likeness (QED) is 0.480. The third-order valence-electron chi connectivity index (χ3n) is 2.44. The highest BCUT2D eigenvalue weighted by Gasteiger charge is 2.12. The molecule has 0 N–H and O–H groups in total. The molecule has 0 aliphatic rings. The monoisotopic (exact) mass is 344 g/mol. The summed E-state index contributed by atoms with van der Waals surface area (Å²) in [7, 11) is -3.25. The molecule has 2 rings (SSSR count). The van der Waals surface area contributed by atoms with E-state index in [2.05, 4.69) is 4.98 Å². The van der Waals surface area contributed by atoms with Crippen molar-refractivity contribution in [3.63, 3.8) is 0 Å². The molecule has 0 atom stereocenters. The molecular formula is C12H9ClN2O4S2. The SMILES string of the molecule is CS(=O)(=O)c1ccc(Sc2cc([N+](=O)[O-])cc(Cl)n2)cc1. The van der Waals surface area contributed by atoms with Crippen LogP contribution in [-0.4, -0.2) is 24.6 Å². The minimum Gasteiger partial charge on any atom is -0.258 e. The van der Waals surface area contributed by atoms with Gasteiger partial charge in [0.2, 0.25) is 0 Å². The van der Waals surface area contributed by atoms with Crippen LogP contribution < -0.4 is 0 Å². The van der Waals surface area contributed by atoms with Crippen molar-refractivity contribution in [1.29, 1.82) is 0 Å². The van der Waals surface area contributed by atoms with Crippen molar-refractivity contribution in [1.82, 2.24) is 4.98 Å². The van der Waals surface area contributed by atoms with Gasteiger partial charge in [0.05, 0.1) is 15.9 Å². The molecule has 0 amide bonds. The first-order valence-corrected chi connectivity index (χ1v) is 8.64. The number of sulfone groups is 1.